The van der Waals surface area contributed by atoms with Crippen molar-refractivity contribution in [2.24, 2.45) is 0 Å². The highest BCUT2D eigenvalue weighted by Crippen LogP contribution is 2.26. The van der Waals surface area contributed by atoms with Crippen LogP contribution in [0, 0.1) is 0 Å². The molecule has 2 heteroatoms. The molecular formula is C12H25NO. The number of rotatable bonds is 4. The zero-order valence-corrected chi connectivity index (χ0v) is 10.1. The molecule has 1 aliphatic carbocycles. The summed E-state index contributed by atoms with van der Waals surface area (Å²) in [6, 6.07) is 1.29. The first-order chi connectivity index (χ1) is 6.70. The van der Waals surface area contributed by atoms with E-state index in [1.54, 1.807) is 0 Å². The zero-order chi connectivity index (χ0) is 10.6. The quantitative estimate of drug-likeness (QED) is 0.690. The van der Waals surface area contributed by atoms with Crippen LogP contribution in [-0.2, 0) is 4.74 Å². The van der Waals surface area contributed by atoms with Crippen molar-refractivity contribution in [1.29, 1.82) is 0 Å². The molecule has 0 bridgehead atoms. The molecular weight excluding hydrogens is 174 g/mol. The van der Waals surface area contributed by atoms with Crippen LogP contribution in [0.25, 0.3) is 0 Å². The molecule has 1 rings (SSSR count). The van der Waals surface area contributed by atoms with Gasteiger partial charge in [0.1, 0.15) is 0 Å². The van der Waals surface area contributed by atoms with Crippen molar-refractivity contribution in [2.45, 2.75) is 64.6 Å². The number of nitrogens with zero attached hydrogens (tertiary/aromatic N) is 1. The molecule has 1 saturated carbocycles. The predicted octanol–water partition coefficient (Wildman–Crippen LogP) is 2.67. The molecule has 1 aliphatic rings. The molecule has 0 aromatic heterocycles. The third kappa shape index (κ3) is 2.71. The predicted molar refractivity (Wildman–Crippen MR) is 60.6 cm³/mol. The van der Waals surface area contributed by atoms with Crippen LogP contribution in [0.15, 0.2) is 0 Å². The lowest BCUT2D eigenvalue weighted by atomic mass is 9.90. The third-order valence-corrected chi connectivity index (χ3v) is 3.42. The number of hydrogen-bond acceptors (Lipinski definition) is 2. The molecule has 1 fully saturated rings. The Balaban J connectivity index is 2.60. The first-order valence-corrected chi connectivity index (χ1v) is 5.99. The van der Waals surface area contributed by atoms with Crippen LogP contribution >= 0.6 is 0 Å². The first kappa shape index (κ1) is 12.0. The normalized spacial score (nSPS) is 28.7. The Morgan fingerprint density at radius 1 is 1.29 bits per heavy atom. The standard InChI is InChI=1S/C12H25NO/c1-5-13(10(2)3)11-8-6-7-9-12(11)14-4/h10-12H,5-9H2,1-4H3. The van der Waals surface area contributed by atoms with Gasteiger partial charge in [0.15, 0.2) is 0 Å². The molecule has 0 saturated heterocycles. The first-order valence-electron chi connectivity index (χ1n) is 5.99. The van der Waals surface area contributed by atoms with Crippen LogP contribution < -0.4 is 0 Å². The molecule has 0 radical (unpaired) electrons. The molecule has 0 spiro atoms. The van der Waals surface area contributed by atoms with Crippen LogP contribution in [0.3, 0.4) is 0 Å². The third-order valence-electron chi connectivity index (χ3n) is 3.42. The average Bonchev–Trinajstić information content (AvgIpc) is 2.19. The largest absolute Gasteiger partial charge is 0.380 e. The molecule has 2 unspecified atom stereocenters. The summed E-state index contributed by atoms with van der Waals surface area (Å²) in [6.07, 6.45) is 5.72. The highest BCUT2D eigenvalue weighted by molar-refractivity contribution is 4.85. The molecule has 0 heterocycles. The minimum Gasteiger partial charge on any atom is -0.380 e. The van der Waals surface area contributed by atoms with E-state index in [4.69, 9.17) is 4.74 Å². The van der Waals surface area contributed by atoms with E-state index in [1.165, 1.54) is 25.7 Å². The average molecular weight is 199 g/mol. The maximum atomic E-state index is 5.60. The van der Waals surface area contributed by atoms with E-state index in [2.05, 4.69) is 25.7 Å². The molecule has 14 heavy (non-hydrogen) atoms. The topological polar surface area (TPSA) is 12.5 Å². The molecule has 2 atom stereocenters. The molecule has 0 aromatic rings. The van der Waals surface area contributed by atoms with Gasteiger partial charge in [-0.1, -0.05) is 19.8 Å². The van der Waals surface area contributed by atoms with Gasteiger partial charge in [0.2, 0.25) is 0 Å². The Hall–Kier alpha value is -0.0800. The Bertz CT molecular complexity index is 158. The van der Waals surface area contributed by atoms with Gasteiger partial charge in [-0.15, -0.1) is 0 Å². The second-order valence-electron chi connectivity index (χ2n) is 4.55. The Kier molecular flexibility index (Phi) is 4.90. The van der Waals surface area contributed by atoms with Crippen molar-refractivity contribution >= 4 is 0 Å². The number of ether oxygens (including phenoxy) is 1. The fourth-order valence-electron chi connectivity index (χ4n) is 2.71. The molecule has 0 aliphatic heterocycles. The molecule has 2 nitrogen and oxygen atoms in total. The summed E-state index contributed by atoms with van der Waals surface area (Å²) in [7, 11) is 1.86. The monoisotopic (exact) mass is 199 g/mol. The summed E-state index contributed by atoms with van der Waals surface area (Å²) in [5.41, 5.74) is 0. The van der Waals surface area contributed by atoms with Gasteiger partial charge in [0, 0.05) is 19.2 Å². The number of likely N-dealkylation sites (N-methyl/N-ethyl adjacent to an activating group) is 1. The van der Waals surface area contributed by atoms with Crippen LogP contribution in [-0.4, -0.2) is 36.7 Å². The van der Waals surface area contributed by atoms with E-state index in [9.17, 15) is 0 Å². The highest BCUT2D eigenvalue weighted by atomic mass is 16.5. The molecule has 0 N–H and O–H groups in total. The minimum absolute atomic E-state index is 0.464. The van der Waals surface area contributed by atoms with E-state index in [0.29, 0.717) is 18.2 Å². The highest BCUT2D eigenvalue weighted by Gasteiger charge is 2.30. The van der Waals surface area contributed by atoms with Gasteiger partial charge >= 0.3 is 0 Å². The van der Waals surface area contributed by atoms with Crippen molar-refractivity contribution in [3.8, 4) is 0 Å². The fraction of sp³-hybridized carbons (Fsp3) is 1.00. The van der Waals surface area contributed by atoms with E-state index in [0.717, 1.165) is 6.54 Å². The molecule has 0 aromatic carbocycles. The van der Waals surface area contributed by atoms with Crippen LogP contribution in [0.2, 0.25) is 0 Å². The van der Waals surface area contributed by atoms with Gasteiger partial charge in [-0.25, -0.2) is 0 Å². The van der Waals surface area contributed by atoms with Gasteiger partial charge in [0.25, 0.3) is 0 Å². The summed E-state index contributed by atoms with van der Waals surface area (Å²) in [5, 5.41) is 0. The maximum absolute atomic E-state index is 5.60. The maximum Gasteiger partial charge on any atom is 0.0726 e. The molecule has 84 valence electrons. The number of methoxy groups -OCH3 is 1. The van der Waals surface area contributed by atoms with Gasteiger partial charge in [-0.05, 0) is 33.2 Å². The Labute approximate surface area is 88.6 Å². The lowest BCUT2D eigenvalue weighted by molar-refractivity contribution is -0.0201. The van der Waals surface area contributed by atoms with Crippen molar-refractivity contribution in [2.75, 3.05) is 13.7 Å². The zero-order valence-electron chi connectivity index (χ0n) is 10.1. The summed E-state index contributed by atoms with van der Waals surface area (Å²) in [6.45, 7) is 7.96. The smallest absolute Gasteiger partial charge is 0.0726 e. The summed E-state index contributed by atoms with van der Waals surface area (Å²) < 4.78 is 5.60. The number of hydrogen-bond donors (Lipinski definition) is 0. The van der Waals surface area contributed by atoms with Gasteiger partial charge < -0.3 is 4.74 Å². The second-order valence-corrected chi connectivity index (χ2v) is 4.55. The van der Waals surface area contributed by atoms with Crippen molar-refractivity contribution in [3.05, 3.63) is 0 Å². The van der Waals surface area contributed by atoms with Crippen molar-refractivity contribution in [1.82, 2.24) is 4.90 Å². The molecule has 0 amide bonds. The van der Waals surface area contributed by atoms with Crippen molar-refractivity contribution < 1.29 is 4.74 Å². The van der Waals surface area contributed by atoms with Gasteiger partial charge in [0.05, 0.1) is 6.10 Å². The lowest BCUT2D eigenvalue weighted by Crippen LogP contribution is -2.49. The minimum atomic E-state index is 0.464. The van der Waals surface area contributed by atoms with Gasteiger partial charge in [-0.3, -0.25) is 4.90 Å². The second kappa shape index (κ2) is 5.72. The summed E-state index contributed by atoms with van der Waals surface area (Å²) in [5.74, 6) is 0. The summed E-state index contributed by atoms with van der Waals surface area (Å²) in [4.78, 5) is 2.58. The fourth-order valence-corrected chi connectivity index (χ4v) is 2.71. The Morgan fingerprint density at radius 2 is 1.93 bits per heavy atom. The lowest BCUT2D eigenvalue weighted by Gasteiger charge is -2.41. The van der Waals surface area contributed by atoms with Crippen LogP contribution in [0.5, 0.6) is 0 Å². The summed E-state index contributed by atoms with van der Waals surface area (Å²) >= 11 is 0. The Morgan fingerprint density at radius 3 is 2.43 bits per heavy atom. The van der Waals surface area contributed by atoms with Gasteiger partial charge in [-0.2, -0.15) is 0 Å². The van der Waals surface area contributed by atoms with E-state index in [-0.39, 0.29) is 0 Å². The van der Waals surface area contributed by atoms with E-state index in [1.807, 2.05) is 7.11 Å². The van der Waals surface area contributed by atoms with E-state index >= 15 is 0 Å². The van der Waals surface area contributed by atoms with Crippen molar-refractivity contribution in [3.63, 3.8) is 0 Å². The van der Waals surface area contributed by atoms with Crippen LogP contribution in [0.1, 0.15) is 46.5 Å². The van der Waals surface area contributed by atoms with E-state index < -0.39 is 0 Å². The van der Waals surface area contributed by atoms with Crippen LogP contribution in [0.4, 0.5) is 0 Å². The SMILES string of the molecule is CCN(C(C)C)C1CCCCC1OC.